The number of amides is 1. The predicted octanol–water partition coefficient (Wildman–Crippen LogP) is 2.85. The summed E-state index contributed by atoms with van der Waals surface area (Å²) in [4.78, 5) is 14.5. The van der Waals surface area contributed by atoms with Crippen LogP contribution in [-0.2, 0) is 0 Å². The molecule has 6 heteroatoms. The molecule has 2 aromatic heterocycles. The third kappa shape index (κ3) is 3.32. The number of H-pyrrole nitrogens is 1. The minimum Gasteiger partial charge on any atom is -0.467 e. The molecule has 3 rings (SSSR count). The number of aromatic nitrogens is 2. The van der Waals surface area contributed by atoms with Crippen molar-refractivity contribution >= 4 is 5.91 Å². The Bertz CT molecular complexity index is 648. The molecule has 1 saturated heterocycles. The number of likely N-dealkylation sites (tertiary alicyclic amines) is 1. The summed E-state index contributed by atoms with van der Waals surface area (Å²) in [5.74, 6) is 0.785. The maximum absolute atomic E-state index is 12.7. The first-order chi connectivity index (χ1) is 11.1. The second-order valence-electron chi connectivity index (χ2n) is 6.42. The zero-order chi connectivity index (χ0) is 16.4. The van der Waals surface area contributed by atoms with E-state index >= 15 is 0 Å². The average Bonchev–Trinajstić information content (AvgIpc) is 3.27. The Kier molecular flexibility index (Phi) is 4.52. The van der Waals surface area contributed by atoms with Gasteiger partial charge in [0.05, 0.1) is 6.26 Å². The maximum atomic E-state index is 12.7. The molecule has 23 heavy (non-hydrogen) atoms. The zero-order valence-electron chi connectivity index (χ0n) is 13.5. The average molecular weight is 317 g/mol. The van der Waals surface area contributed by atoms with Crippen LogP contribution in [0.3, 0.4) is 0 Å². The van der Waals surface area contributed by atoms with Gasteiger partial charge in [0.1, 0.15) is 17.6 Å². The Balaban J connectivity index is 1.69. The highest BCUT2D eigenvalue weighted by Crippen LogP contribution is 2.28. The van der Waals surface area contributed by atoms with E-state index in [0.29, 0.717) is 30.3 Å². The summed E-state index contributed by atoms with van der Waals surface area (Å²) in [6, 6.07) is 5.36. The van der Waals surface area contributed by atoms with Crippen molar-refractivity contribution in [2.75, 3.05) is 6.54 Å². The van der Waals surface area contributed by atoms with Crippen LogP contribution in [-0.4, -0.2) is 38.7 Å². The van der Waals surface area contributed by atoms with Crippen molar-refractivity contribution in [2.45, 2.75) is 51.2 Å². The summed E-state index contributed by atoms with van der Waals surface area (Å²) in [6.45, 7) is 4.82. The van der Waals surface area contributed by atoms with E-state index in [1.165, 1.54) is 0 Å². The molecule has 0 radical (unpaired) electrons. The second-order valence-corrected chi connectivity index (χ2v) is 6.42. The quantitative estimate of drug-likeness (QED) is 0.888. The number of aliphatic hydroxyl groups is 1. The molecule has 1 aliphatic heterocycles. The van der Waals surface area contributed by atoms with Crippen molar-refractivity contribution in [3.63, 3.8) is 0 Å². The van der Waals surface area contributed by atoms with E-state index in [4.69, 9.17) is 4.42 Å². The predicted molar refractivity (Wildman–Crippen MR) is 85.0 cm³/mol. The van der Waals surface area contributed by atoms with Crippen LogP contribution in [0.4, 0.5) is 0 Å². The topological polar surface area (TPSA) is 82.4 Å². The van der Waals surface area contributed by atoms with Crippen LogP contribution < -0.4 is 0 Å². The SMILES string of the molecule is CC(C)c1cc(C(=O)N2CCCC2CC(O)c2ccco2)n[nH]1. The minimum absolute atomic E-state index is 0.0156. The van der Waals surface area contributed by atoms with Gasteiger partial charge in [-0.05, 0) is 37.0 Å². The molecule has 0 bridgehead atoms. The fraction of sp³-hybridized carbons (Fsp3) is 0.529. The van der Waals surface area contributed by atoms with E-state index in [0.717, 1.165) is 18.5 Å². The van der Waals surface area contributed by atoms with Crippen LogP contribution >= 0.6 is 0 Å². The smallest absolute Gasteiger partial charge is 0.274 e. The number of carbonyl (C=O) groups excluding carboxylic acids is 1. The van der Waals surface area contributed by atoms with Crippen LogP contribution in [0.15, 0.2) is 28.9 Å². The molecule has 3 heterocycles. The highest BCUT2D eigenvalue weighted by molar-refractivity contribution is 5.92. The molecular formula is C17H23N3O3. The molecule has 0 spiro atoms. The Morgan fingerprint density at radius 2 is 2.39 bits per heavy atom. The van der Waals surface area contributed by atoms with E-state index in [-0.39, 0.29) is 11.9 Å². The number of hydrogen-bond donors (Lipinski definition) is 2. The largest absolute Gasteiger partial charge is 0.467 e. The van der Waals surface area contributed by atoms with Gasteiger partial charge in [-0.15, -0.1) is 0 Å². The van der Waals surface area contributed by atoms with Crippen molar-refractivity contribution in [1.82, 2.24) is 15.1 Å². The molecule has 2 N–H and O–H groups in total. The van der Waals surface area contributed by atoms with Gasteiger partial charge in [-0.2, -0.15) is 5.10 Å². The fourth-order valence-corrected chi connectivity index (χ4v) is 3.09. The molecule has 2 atom stereocenters. The maximum Gasteiger partial charge on any atom is 0.274 e. The lowest BCUT2D eigenvalue weighted by molar-refractivity contribution is 0.0636. The zero-order valence-corrected chi connectivity index (χ0v) is 13.5. The summed E-state index contributed by atoms with van der Waals surface area (Å²) >= 11 is 0. The Morgan fingerprint density at radius 1 is 1.57 bits per heavy atom. The molecule has 0 aliphatic carbocycles. The first-order valence-electron chi connectivity index (χ1n) is 8.14. The van der Waals surface area contributed by atoms with Gasteiger partial charge in [0.15, 0.2) is 0 Å². The number of aliphatic hydroxyl groups excluding tert-OH is 1. The lowest BCUT2D eigenvalue weighted by Gasteiger charge is -2.25. The van der Waals surface area contributed by atoms with Gasteiger partial charge in [-0.25, -0.2) is 0 Å². The van der Waals surface area contributed by atoms with Crippen molar-refractivity contribution < 1.29 is 14.3 Å². The summed E-state index contributed by atoms with van der Waals surface area (Å²) in [5, 5.41) is 17.3. The molecule has 1 aliphatic rings. The van der Waals surface area contributed by atoms with E-state index in [1.54, 1.807) is 18.4 Å². The summed E-state index contributed by atoms with van der Waals surface area (Å²) < 4.78 is 5.24. The first kappa shape index (κ1) is 15.8. The van der Waals surface area contributed by atoms with Crippen LogP contribution in [0.1, 0.15) is 67.1 Å². The number of furan rings is 1. The third-order valence-corrected chi connectivity index (χ3v) is 4.44. The first-order valence-corrected chi connectivity index (χ1v) is 8.14. The van der Waals surface area contributed by atoms with E-state index in [9.17, 15) is 9.90 Å². The van der Waals surface area contributed by atoms with Crippen LogP contribution in [0.5, 0.6) is 0 Å². The molecule has 1 fully saturated rings. The second kappa shape index (κ2) is 6.58. The van der Waals surface area contributed by atoms with E-state index < -0.39 is 6.10 Å². The number of carbonyl (C=O) groups is 1. The standard InChI is InChI=1S/C17H23N3O3/c1-11(2)13-10-14(19-18-13)17(22)20-7-3-5-12(20)9-15(21)16-6-4-8-23-16/h4,6,8,10-12,15,21H,3,5,7,9H2,1-2H3,(H,18,19). The van der Waals surface area contributed by atoms with Crippen molar-refractivity contribution in [3.8, 4) is 0 Å². The van der Waals surface area contributed by atoms with Crippen LogP contribution in [0.2, 0.25) is 0 Å². The van der Waals surface area contributed by atoms with Crippen LogP contribution in [0, 0.1) is 0 Å². The number of aromatic amines is 1. The van der Waals surface area contributed by atoms with Crippen LogP contribution in [0.25, 0.3) is 0 Å². The Labute approximate surface area is 135 Å². The van der Waals surface area contributed by atoms with Gasteiger partial charge in [-0.1, -0.05) is 13.8 Å². The highest BCUT2D eigenvalue weighted by Gasteiger charge is 2.32. The molecule has 2 aromatic rings. The summed E-state index contributed by atoms with van der Waals surface area (Å²) in [6.07, 6.45) is 3.19. The molecule has 0 aromatic carbocycles. The normalized spacial score (nSPS) is 19.5. The van der Waals surface area contributed by atoms with Gasteiger partial charge in [0.2, 0.25) is 0 Å². The van der Waals surface area contributed by atoms with Gasteiger partial charge in [0.25, 0.3) is 5.91 Å². The number of nitrogens with one attached hydrogen (secondary N) is 1. The van der Waals surface area contributed by atoms with Gasteiger partial charge in [-0.3, -0.25) is 9.89 Å². The molecule has 0 saturated carbocycles. The number of rotatable bonds is 5. The van der Waals surface area contributed by atoms with Crippen molar-refractivity contribution in [3.05, 3.63) is 41.6 Å². The third-order valence-electron chi connectivity index (χ3n) is 4.44. The van der Waals surface area contributed by atoms with Gasteiger partial charge in [0, 0.05) is 24.7 Å². The number of nitrogens with zero attached hydrogens (tertiary/aromatic N) is 2. The molecular weight excluding hydrogens is 294 g/mol. The molecule has 6 nitrogen and oxygen atoms in total. The van der Waals surface area contributed by atoms with Gasteiger partial charge >= 0.3 is 0 Å². The Morgan fingerprint density at radius 3 is 3.04 bits per heavy atom. The summed E-state index contributed by atoms with van der Waals surface area (Å²) in [5.41, 5.74) is 1.41. The van der Waals surface area contributed by atoms with Gasteiger partial charge < -0.3 is 14.4 Å². The molecule has 1 amide bonds. The lowest BCUT2D eigenvalue weighted by Crippen LogP contribution is -2.36. The number of hydrogen-bond acceptors (Lipinski definition) is 4. The fourth-order valence-electron chi connectivity index (χ4n) is 3.09. The highest BCUT2D eigenvalue weighted by atomic mass is 16.4. The van der Waals surface area contributed by atoms with Crippen molar-refractivity contribution in [1.29, 1.82) is 0 Å². The monoisotopic (exact) mass is 317 g/mol. The van der Waals surface area contributed by atoms with E-state index in [1.807, 2.05) is 11.0 Å². The van der Waals surface area contributed by atoms with E-state index in [2.05, 4.69) is 24.0 Å². The minimum atomic E-state index is -0.686. The summed E-state index contributed by atoms with van der Waals surface area (Å²) in [7, 11) is 0. The Hall–Kier alpha value is -2.08. The molecule has 124 valence electrons. The lowest BCUT2D eigenvalue weighted by atomic mass is 10.0. The van der Waals surface area contributed by atoms with Crippen molar-refractivity contribution in [2.24, 2.45) is 0 Å². The molecule has 2 unspecified atom stereocenters.